The summed E-state index contributed by atoms with van der Waals surface area (Å²) < 4.78 is 60.6. The van der Waals surface area contributed by atoms with Gasteiger partial charge in [-0.3, -0.25) is 0 Å². The fourth-order valence-corrected chi connectivity index (χ4v) is 2.52. The van der Waals surface area contributed by atoms with E-state index in [2.05, 4.69) is 0 Å². The van der Waals surface area contributed by atoms with E-state index in [9.17, 15) is 0 Å². The third kappa shape index (κ3) is 3.10. The normalized spacial score (nSPS) is 40.1. The molecule has 0 unspecified atom stereocenters. The lowest BCUT2D eigenvalue weighted by atomic mass is 9.71. The van der Waals surface area contributed by atoms with Gasteiger partial charge in [-0.2, -0.15) is 0 Å². The molecule has 1 saturated carbocycles. The Morgan fingerprint density at radius 3 is 3.26 bits per heavy atom. The fourth-order valence-electron chi connectivity index (χ4n) is 2.52. The lowest BCUT2D eigenvalue weighted by Gasteiger charge is -2.41. The molecular formula is C16H25NO2. The molecule has 0 spiro atoms. The number of methoxy groups -OCH3 is 1. The molecule has 0 bridgehead atoms. The van der Waals surface area contributed by atoms with Crippen molar-refractivity contribution >= 4 is 0 Å². The molecule has 1 aliphatic carbocycles. The van der Waals surface area contributed by atoms with Crippen LogP contribution < -0.4 is 4.74 Å². The summed E-state index contributed by atoms with van der Waals surface area (Å²) in [5, 5.41) is 5.05. The summed E-state index contributed by atoms with van der Waals surface area (Å²) in [4.78, 5) is 1.77. The van der Waals surface area contributed by atoms with Gasteiger partial charge in [0.05, 0.1) is 16.8 Å². The molecule has 2 rings (SSSR count). The zero-order valence-electron chi connectivity index (χ0n) is 18.4. The first-order valence-corrected chi connectivity index (χ1v) is 6.46. The van der Waals surface area contributed by atoms with E-state index in [-0.39, 0.29) is 24.3 Å². The second-order valence-electron chi connectivity index (χ2n) is 5.18. The first kappa shape index (κ1) is 7.65. The van der Waals surface area contributed by atoms with E-state index >= 15 is 0 Å². The molecule has 1 N–H and O–H groups in total. The lowest BCUT2D eigenvalue weighted by molar-refractivity contribution is -0.0619. The van der Waals surface area contributed by atoms with Crippen LogP contribution in [0.1, 0.15) is 39.4 Å². The van der Waals surface area contributed by atoms with Gasteiger partial charge in [-0.25, -0.2) is 0 Å². The minimum Gasteiger partial charge on any atom is -0.497 e. The van der Waals surface area contributed by atoms with Crippen LogP contribution in [0.15, 0.2) is 24.3 Å². The summed E-state index contributed by atoms with van der Waals surface area (Å²) >= 11 is 0. The van der Waals surface area contributed by atoms with Crippen LogP contribution in [-0.4, -0.2) is 39.1 Å². The van der Waals surface area contributed by atoms with Gasteiger partial charge in [0.25, 0.3) is 0 Å². The van der Waals surface area contributed by atoms with E-state index in [1.165, 1.54) is 18.2 Å². The van der Waals surface area contributed by atoms with Crippen molar-refractivity contribution in [2.24, 2.45) is 5.89 Å². The van der Waals surface area contributed by atoms with Crippen molar-refractivity contribution in [2.75, 3.05) is 27.7 Å². The number of hydrogen-bond acceptors (Lipinski definition) is 3. The van der Waals surface area contributed by atoms with E-state index in [0.29, 0.717) is 12.8 Å². The van der Waals surface area contributed by atoms with E-state index < -0.39 is 24.9 Å². The second kappa shape index (κ2) is 5.93. The Labute approximate surface area is 126 Å². The van der Waals surface area contributed by atoms with Gasteiger partial charge in [-0.1, -0.05) is 25.0 Å². The van der Waals surface area contributed by atoms with Crippen molar-refractivity contribution < 1.29 is 18.1 Å². The highest BCUT2D eigenvalue weighted by molar-refractivity contribution is 5.33. The highest BCUT2D eigenvalue weighted by Crippen LogP contribution is 2.42. The molecule has 3 heteroatoms. The molecule has 0 saturated heterocycles. The Kier molecular flexibility index (Phi) is 2.39. The molecule has 1 aromatic rings. The Balaban J connectivity index is 2.62. The Morgan fingerprint density at radius 1 is 1.63 bits per heavy atom. The van der Waals surface area contributed by atoms with Gasteiger partial charge in [-0.15, -0.1) is 0 Å². The zero-order valence-corrected chi connectivity index (χ0v) is 11.4. The molecule has 0 aliphatic heterocycles. The van der Waals surface area contributed by atoms with Crippen LogP contribution in [-0.2, 0) is 5.60 Å². The Hall–Kier alpha value is -1.06. The summed E-state index contributed by atoms with van der Waals surface area (Å²) in [7, 11) is 0.910. The smallest absolute Gasteiger partial charge is 0.211 e. The van der Waals surface area contributed by atoms with Crippen LogP contribution in [0.5, 0.6) is 5.75 Å². The van der Waals surface area contributed by atoms with Crippen molar-refractivity contribution in [3.8, 4) is 5.75 Å². The van der Waals surface area contributed by atoms with Crippen molar-refractivity contribution in [1.82, 2.24) is 4.90 Å². The van der Waals surface area contributed by atoms with E-state index in [1.807, 2.05) is 0 Å². The summed E-state index contributed by atoms with van der Waals surface area (Å²) in [5.74, 6) is -1.41. The maximum absolute atomic E-state index is 9.02. The van der Waals surface area contributed by atoms with Crippen LogP contribution in [0.3, 0.4) is 0 Å². The van der Waals surface area contributed by atoms with Gasteiger partial charge in [-0.05, 0) is 44.6 Å². The summed E-state index contributed by atoms with van der Waals surface area (Å²) in [5.41, 5.74) is -1.65. The Bertz CT molecular complexity index is 637. The van der Waals surface area contributed by atoms with Gasteiger partial charge in [0.1, 0.15) is 5.75 Å². The van der Waals surface area contributed by atoms with E-state index in [4.69, 9.17) is 19.5 Å². The molecule has 106 valence electrons. The molecule has 1 aliphatic rings. The molecule has 0 radical (unpaired) electrons. The van der Waals surface area contributed by atoms with Gasteiger partial charge in [0.2, 0.25) is 1.43 Å². The quantitative estimate of drug-likeness (QED) is 0.893. The minimum absolute atomic E-state index is 0.0208. The molecule has 0 heterocycles. The van der Waals surface area contributed by atoms with Gasteiger partial charge >= 0.3 is 0 Å². The molecule has 19 heavy (non-hydrogen) atoms. The molecule has 1 fully saturated rings. The predicted octanol–water partition coefficient (Wildman–Crippen LogP) is 2.63. The van der Waals surface area contributed by atoms with Crippen LogP contribution in [0.4, 0.5) is 0 Å². The molecule has 3 nitrogen and oxygen atoms in total. The monoisotopic (exact) mass is 270 g/mol. The minimum atomic E-state index is -2.65. The van der Waals surface area contributed by atoms with Gasteiger partial charge in [0.15, 0.2) is 0 Å². The van der Waals surface area contributed by atoms with Crippen LogP contribution in [0.25, 0.3) is 0 Å². The average Bonchev–Trinajstić information content (AvgIpc) is 2.44. The molecule has 1 aromatic carbocycles. The van der Waals surface area contributed by atoms with Crippen LogP contribution in [0.2, 0.25) is 0 Å². The summed E-state index contributed by atoms with van der Waals surface area (Å²) in [6.45, 7) is 0.190. The number of benzene rings is 1. The summed E-state index contributed by atoms with van der Waals surface area (Å²) in [6, 6.07) is 5.90. The molecule has 2 atom stereocenters. The van der Waals surface area contributed by atoms with Crippen molar-refractivity contribution in [3.63, 3.8) is 0 Å². The number of nitrogens with zero attached hydrogens (tertiary/aromatic N) is 1. The first-order chi connectivity index (χ1) is 11.9. The highest BCUT2D eigenvalue weighted by Gasteiger charge is 2.40. The number of ether oxygens (including phenoxy) is 1. The predicted molar refractivity (Wildman–Crippen MR) is 77.4 cm³/mol. The van der Waals surface area contributed by atoms with Crippen molar-refractivity contribution in [1.29, 1.82) is 1.43 Å². The van der Waals surface area contributed by atoms with Crippen LogP contribution >= 0.6 is 0 Å². The topological polar surface area (TPSA) is 32.7 Å². The standard InChI is InChI=1S/C16H25NO2/c1-17(2)12-14-7-4-5-10-16(14,18)13-8-6-9-15(11-13)19-3/h6,8-9,11,14,18H,4-5,7,10,12H2,1-3H3/t14-,16+/m0/s1/i3D3,10D2,14D,18D. The maximum Gasteiger partial charge on any atom is 0.211 e. The fraction of sp³-hybridized carbons (Fsp3) is 0.625. The number of aliphatic hydroxyl groups is 1. The summed E-state index contributed by atoms with van der Waals surface area (Å²) in [6.07, 6.45) is -0.984. The Morgan fingerprint density at radius 2 is 2.53 bits per heavy atom. The zero-order chi connectivity index (χ0) is 19.8. The van der Waals surface area contributed by atoms with Crippen LogP contribution in [0, 0.1) is 5.89 Å². The second-order valence-corrected chi connectivity index (χ2v) is 5.18. The largest absolute Gasteiger partial charge is 0.497 e. The van der Waals surface area contributed by atoms with E-state index in [1.54, 1.807) is 25.1 Å². The third-order valence-electron chi connectivity index (χ3n) is 3.39. The third-order valence-corrected chi connectivity index (χ3v) is 3.39. The molecular weight excluding hydrogens is 238 g/mol. The van der Waals surface area contributed by atoms with Crippen molar-refractivity contribution in [2.45, 2.75) is 31.2 Å². The first-order valence-electron chi connectivity index (χ1n) is 9.86. The van der Waals surface area contributed by atoms with Gasteiger partial charge in [0, 0.05) is 16.6 Å². The number of hydrogen-bond donors (Lipinski definition) is 1. The van der Waals surface area contributed by atoms with Gasteiger partial charge < -0.3 is 14.7 Å². The average molecular weight is 270 g/mol. The SMILES string of the molecule is [2H]O[C@@]1(c2cccc(OC([2H])([2H])[2H])c2)C([2H])([2H])CCC[C@@]1([2H])CN(C)C. The highest BCUT2D eigenvalue weighted by atomic mass is 16.5. The molecule has 0 amide bonds. The van der Waals surface area contributed by atoms with E-state index in [0.717, 1.165) is 0 Å². The van der Waals surface area contributed by atoms with Crippen molar-refractivity contribution in [3.05, 3.63) is 29.8 Å². The molecule has 0 aromatic heterocycles. The maximum atomic E-state index is 9.02. The number of rotatable bonds is 5. The lowest BCUT2D eigenvalue weighted by Crippen LogP contribution is -2.43.